The molecular formula is C14H20Cl2N2. The second-order valence-electron chi connectivity index (χ2n) is 5.23. The van der Waals surface area contributed by atoms with E-state index in [4.69, 9.17) is 23.2 Å². The fourth-order valence-electron chi connectivity index (χ4n) is 2.54. The quantitative estimate of drug-likeness (QED) is 0.905. The summed E-state index contributed by atoms with van der Waals surface area (Å²) in [6.45, 7) is 6.48. The van der Waals surface area contributed by atoms with E-state index in [2.05, 4.69) is 24.1 Å². The standard InChI is InChI=1S/C14H20Cl2N2/c1-10(2)17-13-4-3-5-18(9-13)14-7-11(15)6-12(16)8-14/h6-8,10,13,17H,3-5,9H2,1-2H3. The Morgan fingerprint density at radius 3 is 2.50 bits per heavy atom. The van der Waals surface area contributed by atoms with Gasteiger partial charge in [-0.25, -0.2) is 0 Å². The highest BCUT2D eigenvalue weighted by atomic mass is 35.5. The first-order chi connectivity index (χ1) is 8.54. The maximum absolute atomic E-state index is 6.06. The number of piperidine rings is 1. The number of halogens is 2. The first-order valence-electron chi connectivity index (χ1n) is 6.51. The normalized spacial score (nSPS) is 20.5. The number of anilines is 1. The monoisotopic (exact) mass is 286 g/mol. The molecule has 2 rings (SSSR count). The van der Waals surface area contributed by atoms with Crippen LogP contribution in [0.3, 0.4) is 0 Å². The number of nitrogens with one attached hydrogen (secondary N) is 1. The molecular weight excluding hydrogens is 267 g/mol. The molecule has 0 aliphatic carbocycles. The zero-order chi connectivity index (χ0) is 13.1. The fourth-order valence-corrected chi connectivity index (χ4v) is 3.06. The molecule has 1 heterocycles. The molecule has 1 aromatic rings. The molecule has 1 saturated heterocycles. The lowest BCUT2D eigenvalue weighted by Crippen LogP contribution is -2.47. The molecule has 0 bridgehead atoms. The van der Waals surface area contributed by atoms with Gasteiger partial charge in [-0.2, -0.15) is 0 Å². The van der Waals surface area contributed by atoms with Gasteiger partial charge in [0.15, 0.2) is 0 Å². The van der Waals surface area contributed by atoms with Crippen LogP contribution in [0.25, 0.3) is 0 Å². The Kier molecular flexibility index (Phi) is 4.77. The number of hydrogen-bond donors (Lipinski definition) is 1. The molecule has 0 amide bonds. The zero-order valence-corrected chi connectivity index (χ0v) is 12.4. The average Bonchev–Trinajstić information content (AvgIpc) is 2.27. The molecule has 1 fully saturated rings. The van der Waals surface area contributed by atoms with Crippen LogP contribution in [0.4, 0.5) is 5.69 Å². The van der Waals surface area contributed by atoms with Crippen LogP contribution in [0.5, 0.6) is 0 Å². The Bertz CT molecular complexity index is 387. The minimum atomic E-state index is 0.526. The van der Waals surface area contributed by atoms with Crippen LogP contribution in [0.15, 0.2) is 18.2 Å². The van der Waals surface area contributed by atoms with Crippen LogP contribution >= 0.6 is 23.2 Å². The summed E-state index contributed by atoms with van der Waals surface area (Å²) in [7, 11) is 0. The summed E-state index contributed by atoms with van der Waals surface area (Å²) in [5, 5.41) is 5.01. The molecule has 1 N–H and O–H groups in total. The summed E-state index contributed by atoms with van der Waals surface area (Å²) in [6, 6.07) is 6.84. The third kappa shape index (κ3) is 3.78. The molecule has 0 aromatic heterocycles. The van der Waals surface area contributed by atoms with Crippen LogP contribution in [-0.2, 0) is 0 Å². The van der Waals surface area contributed by atoms with E-state index in [-0.39, 0.29) is 0 Å². The summed E-state index contributed by atoms with van der Waals surface area (Å²) < 4.78 is 0. The van der Waals surface area contributed by atoms with Crippen LogP contribution in [-0.4, -0.2) is 25.2 Å². The van der Waals surface area contributed by atoms with Crippen molar-refractivity contribution in [1.82, 2.24) is 5.32 Å². The van der Waals surface area contributed by atoms with Gasteiger partial charge in [0.2, 0.25) is 0 Å². The smallest absolute Gasteiger partial charge is 0.0441 e. The van der Waals surface area contributed by atoms with Gasteiger partial charge in [0.05, 0.1) is 0 Å². The summed E-state index contributed by atoms with van der Waals surface area (Å²) >= 11 is 12.1. The summed E-state index contributed by atoms with van der Waals surface area (Å²) in [6.07, 6.45) is 2.44. The van der Waals surface area contributed by atoms with Gasteiger partial charge in [-0.3, -0.25) is 0 Å². The molecule has 0 spiro atoms. The van der Waals surface area contributed by atoms with Crippen molar-refractivity contribution >= 4 is 28.9 Å². The van der Waals surface area contributed by atoms with E-state index >= 15 is 0 Å². The van der Waals surface area contributed by atoms with Gasteiger partial charge >= 0.3 is 0 Å². The van der Waals surface area contributed by atoms with Crippen LogP contribution < -0.4 is 10.2 Å². The average molecular weight is 287 g/mol. The minimum Gasteiger partial charge on any atom is -0.370 e. The zero-order valence-electron chi connectivity index (χ0n) is 10.9. The van der Waals surface area contributed by atoms with Crippen molar-refractivity contribution in [2.24, 2.45) is 0 Å². The van der Waals surface area contributed by atoms with Crippen molar-refractivity contribution < 1.29 is 0 Å². The number of benzene rings is 1. The lowest BCUT2D eigenvalue weighted by Gasteiger charge is -2.36. The highest BCUT2D eigenvalue weighted by molar-refractivity contribution is 6.35. The summed E-state index contributed by atoms with van der Waals surface area (Å²) in [4.78, 5) is 2.36. The molecule has 2 nitrogen and oxygen atoms in total. The molecule has 1 aromatic carbocycles. The Morgan fingerprint density at radius 2 is 1.89 bits per heavy atom. The van der Waals surface area contributed by atoms with Gasteiger partial charge in [0.25, 0.3) is 0 Å². The Morgan fingerprint density at radius 1 is 1.22 bits per heavy atom. The lowest BCUT2D eigenvalue weighted by molar-refractivity contribution is 0.395. The largest absolute Gasteiger partial charge is 0.370 e. The van der Waals surface area contributed by atoms with Crippen molar-refractivity contribution in [3.63, 3.8) is 0 Å². The van der Waals surface area contributed by atoms with E-state index < -0.39 is 0 Å². The molecule has 0 radical (unpaired) electrons. The van der Waals surface area contributed by atoms with Gasteiger partial charge in [-0.15, -0.1) is 0 Å². The van der Waals surface area contributed by atoms with E-state index in [1.165, 1.54) is 12.8 Å². The van der Waals surface area contributed by atoms with Gasteiger partial charge in [-0.1, -0.05) is 37.0 Å². The van der Waals surface area contributed by atoms with E-state index in [9.17, 15) is 0 Å². The molecule has 1 unspecified atom stereocenters. The Balaban J connectivity index is 2.08. The van der Waals surface area contributed by atoms with Crippen LogP contribution in [0.1, 0.15) is 26.7 Å². The van der Waals surface area contributed by atoms with Crippen molar-refractivity contribution in [3.8, 4) is 0 Å². The topological polar surface area (TPSA) is 15.3 Å². The predicted octanol–water partition coefficient (Wildman–Crippen LogP) is 3.96. The van der Waals surface area contributed by atoms with Crippen molar-refractivity contribution in [1.29, 1.82) is 0 Å². The molecule has 1 atom stereocenters. The Labute approximate surface area is 119 Å². The predicted molar refractivity (Wildman–Crippen MR) is 80.0 cm³/mol. The highest BCUT2D eigenvalue weighted by Crippen LogP contribution is 2.27. The Hall–Kier alpha value is -0.440. The minimum absolute atomic E-state index is 0.526. The summed E-state index contributed by atoms with van der Waals surface area (Å²) in [5.41, 5.74) is 1.13. The molecule has 18 heavy (non-hydrogen) atoms. The third-order valence-electron chi connectivity index (χ3n) is 3.20. The molecule has 1 aliphatic heterocycles. The van der Waals surface area contributed by atoms with E-state index in [1.807, 2.05) is 12.1 Å². The van der Waals surface area contributed by atoms with Gasteiger partial charge < -0.3 is 10.2 Å². The second-order valence-corrected chi connectivity index (χ2v) is 6.11. The SMILES string of the molecule is CC(C)NC1CCCN(c2cc(Cl)cc(Cl)c2)C1. The lowest BCUT2D eigenvalue weighted by atomic mass is 10.0. The third-order valence-corrected chi connectivity index (χ3v) is 3.64. The van der Waals surface area contributed by atoms with Gasteiger partial charge in [0.1, 0.15) is 0 Å². The second kappa shape index (κ2) is 6.14. The first-order valence-corrected chi connectivity index (χ1v) is 7.27. The molecule has 4 heteroatoms. The number of hydrogen-bond acceptors (Lipinski definition) is 2. The van der Waals surface area contributed by atoms with Crippen molar-refractivity contribution in [2.45, 2.75) is 38.8 Å². The maximum Gasteiger partial charge on any atom is 0.0441 e. The van der Waals surface area contributed by atoms with Crippen LogP contribution in [0, 0.1) is 0 Å². The first kappa shape index (κ1) is 14.0. The van der Waals surface area contributed by atoms with Crippen molar-refractivity contribution in [2.75, 3.05) is 18.0 Å². The maximum atomic E-state index is 6.06. The van der Waals surface area contributed by atoms with E-state index in [0.29, 0.717) is 22.1 Å². The molecule has 0 saturated carbocycles. The van der Waals surface area contributed by atoms with Crippen molar-refractivity contribution in [3.05, 3.63) is 28.2 Å². The number of rotatable bonds is 3. The van der Waals surface area contributed by atoms with E-state index in [0.717, 1.165) is 18.8 Å². The van der Waals surface area contributed by atoms with Gasteiger partial charge in [0, 0.05) is 40.9 Å². The van der Waals surface area contributed by atoms with Crippen LogP contribution in [0.2, 0.25) is 10.0 Å². The fraction of sp³-hybridized carbons (Fsp3) is 0.571. The molecule has 1 aliphatic rings. The summed E-state index contributed by atoms with van der Waals surface area (Å²) in [5.74, 6) is 0. The number of nitrogens with zero attached hydrogens (tertiary/aromatic N) is 1. The molecule has 100 valence electrons. The van der Waals surface area contributed by atoms with E-state index in [1.54, 1.807) is 6.07 Å². The highest BCUT2D eigenvalue weighted by Gasteiger charge is 2.20. The van der Waals surface area contributed by atoms with Gasteiger partial charge in [-0.05, 0) is 31.0 Å².